The van der Waals surface area contributed by atoms with Crippen molar-refractivity contribution < 1.29 is 0 Å². The van der Waals surface area contributed by atoms with Crippen molar-refractivity contribution in [2.24, 2.45) is 5.73 Å². The first kappa shape index (κ1) is 13.5. The van der Waals surface area contributed by atoms with Gasteiger partial charge in [0.2, 0.25) is 0 Å². The summed E-state index contributed by atoms with van der Waals surface area (Å²) in [6.07, 6.45) is 7.15. The summed E-state index contributed by atoms with van der Waals surface area (Å²) in [6, 6.07) is 10.4. The number of H-pyrrole nitrogens is 1. The number of nitrogens with zero attached hydrogens (tertiary/aromatic N) is 2. The maximum atomic E-state index is 8.60. The maximum Gasteiger partial charge on any atom is 0.148 e. The molecule has 0 atom stereocenters. The third-order valence-corrected chi connectivity index (χ3v) is 4.73. The maximum absolute atomic E-state index is 8.60. The molecular formula is C17H21N5. The number of benzene rings is 1. The summed E-state index contributed by atoms with van der Waals surface area (Å²) in [5.41, 5.74) is 7.96. The number of nitrogens with two attached hydrogens (primary N) is 1. The van der Waals surface area contributed by atoms with Gasteiger partial charge in [-0.25, -0.2) is 4.98 Å². The van der Waals surface area contributed by atoms with Crippen LogP contribution in [0, 0.1) is 5.41 Å². The van der Waals surface area contributed by atoms with Crippen LogP contribution in [0.4, 0.5) is 0 Å². The minimum atomic E-state index is -0.323. The van der Waals surface area contributed by atoms with Gasteiger partial charge in [0.1, 0.15) is 17.4 Å². The first-order chi connectivity index (χ1) is 10.7. The molecular weight excluding hydrogens is 274 g/mol. The Hall–Kier alpha value is -2.14. The number of hydrogen-bond donors (Lipinski definition) is 3. The van der Waals surface area contributed by atoms with E-state index in [4.69, 9.17) is 11.1 Å². The Bertz CT molecular complexity index is 682. The Labute approximate surface area is 130 Å². The second-order valence-electron chi connectivity index (χ2n) is 6.42. The lowest BCUT2D eigenvalue weighted by molar-refractivity contribution is 0.0760. The summed E-state index contributed by atoms with van der Waals surface area (Å²) >= 11 is 0. The minimum Gasteiger partial charge on any atom is -0.335 e. The fraction of sp³-hybridized carbons (Fsp3) is 0.412. The predicted molar refractivity (Wildman–Crippen MR) is 86.5 cm³/mol. The number of nitrogens with one attached hydrogen (secondary N) is 2. The van der Waals surface area contributed by atoms with Crippen molar-refractivity contribution in [3.8, 4) is 11.4 Å². The van der Waals surface area contributed by atoms with Crippen LogP contribution >= 0.6 is 0 Å². The van der Waals surface area contributed by atoms with Gasteiger partial charge >= 0.3 is 0 Å². The minimum absolute atomic E-state index is 0.323. The van der Waals surface area contributed by atoms with Gasteiger partial charge in [0.05, 0.1) is 11.9 Å². The van der Waals surface area contributed by atoms with Crippen LogP contribution in [0.15, 0.2) is 36.5 Å². The molecule has 0 amide bonds. The summed E-state index contributed by atoms with van der Waals surface area (Å²) in [6.45, 7) is 0. The fourth-order valence-electron chi connectivity index (χ4n) is 3.20. The highest BCUT2D eigenvalue weighted by atomic mass is 15.4. The van der Waals surface area contributed by atoms with Crippen LogP contribution in [-0.4, -0.2) is 32.4 Å². The van der Waals surface area contributed by atoms with Crippen LogP contribution in [0.1, 0.15) is 37.8 Å². The number of aromatic nitrogens is 2. The molecule has 2 aliphatic carbocycles. The van der Waals surface area contributed by atoms with Crippen LogP contribution in [-0.2, 0) is 0 Å². The average Bonchev–Trinajstić information content (AvgIpc) is 3.21. The topological polar surface area (TPSA) is 81.8 Å². The van der Waals surface area contributed by atoms with Crippen LogP contribution < -0.4 is 5.73 Å². The van der Waals surface area contributed by atoms with Crippen LogP contribution in [0.2, 0.25) is 0 Å². The molecule has 2 saturated carbocycles. The summed E-state index contributed by atoms with van der Waals surface area (Å²) in [4.78, 5) is 9.84. The second kappa shape index (κ2) is 4.95. The van der Waals surface area contributed by atoms with Gasteiger partial charge in [0.15, 0.2) is 0 Å². The van der Waals surface area contributed by atoms with E-state index in [-0.39, 0.29) is 5.66 Å². The van der Waals surface area contributed by atoms with Crippen LogP contribution in [0.25, 0.3) is 11.4 Å². The van der Waals surface area contributed by atoms with Gasteiger partial charge in [0.25, 0.3) is 0 Å². The Balaban J connectivity index is 1.61. The lowest BCUT2D eigenvalue weighted by Gasteiger charge is -2.48. The molecule has 2 aliphatic rings. The molecule has 2 fully saturated rings. The van der Waals surface area contributed by atoms with Crippen molar-refractivity contribution in [1.82, 2.24) is 14.9 Å². The number of hydrogen-bond acceptors (Lipinski definition) is 3. The third kappa shape index (κ3) is 2.22. The summed E-state index contributed by atoms with van der Waals surface area (Å²) in [7, 11) is 0. The van der Waals surface area contributed by atoms with E-state index in [1.165, 1.54) is 0 Å². The van der Waals surface area contributed by atoms with Gasteiger partial charge in [-0.3, -0.25) is 5.41 Å². The number of amidine groups is 1. The van der Waals surface area contributed by atoms with E-state index in [1.807, 2.05) is 30.3 Å². The first-order valence-electron chi connectivity index (χ1n) is 7.95. The molecule has 1 aromatic heterocycles. The number of imidazole rings is 1. The van der Waals surface area contributed by atoms with E-state index in [9.17, 15) is 0 Å². The molecule has 0 aliphatic heterocycles. The van der Waals surface area contributed by atoms with E-state index < -0.39 is 0 Å². The lowest BCUT2D eigenvalue weighted by Crippen LogP contribution is -2.63. The summed E-state index contributed by atoms with van der Waals surface area (Å²) in [5, 5.41) is 8.60. The van der Waals surface area contributed by atoms with Gasteiger partial charge in [-0.2, -0.15) is 0 Å². The molecule has 4 N–H and O–H groups in total. The lowest BCUT2D eigenvalue weighted by atomic mass is 9.83. The van der Waals surface area contributed by atoms with Gasteiger partial charge in [-0.1, -0.05) is 30.3 Å². The number of rotatable bonds is 4. The fourth-order valence-corrected chi connectivity index (χ4v) is 3.20. The molecule has 0 spiro atoms. The normalized spacial score (nSPS) is 19.5. The van der Waals surface area contributed by atoms with E-state index in [0.29, 0.717) is 11.9 Å². The smallest absolute Gasteiger partial charge is 0.148 e. The predicted octanol–water partition coefficient (Wildman–Crippen LogP) is 2.71. The highest BCUT2D eigenvalue weighted by Gasteiger charge is 2.47. The first-order valence-corrected chi connectivity index (χ1v) is 7.95. The van der Waals surface area contributed by atoms with Crippen LogP contribution in [0.5, 0.6) is 0 Å². The SMILES string of the molecule is N=C(c1cnc(-c2ccccc2)[nH]1)N(C1CC1)C1(N)CCC1. The molecule has 0 unspecified atom stereocenters. The summed E-state index contributed by atoms with van der Waals surface area (Å²) in [5.74, 6) is 1.29. The van der Waals surface area contributed by atoms with Crippen molar-refractivity contribution in [2.45, 2.75) is 43.8 Å². The van der Waals surface area contributed by atoms with E-state index >= 15 is 0 Å². The Kier molecular flexibility index (Phi) is 3.04. The van der Waals surface area contributed by atoms with E-state index in [0.717, 1.165) is 49.2 Å². The van der Waals surface area contributed by atoms with E-state index in [2.05, 4.69) is 14.9 Å². The zero-order chi connectivity index (χ0) is 15.2. The van der Waals surface area contributed by atoms with Crippen molar-refractivity contribution in [3.63, 3.8) is 0 Å². The van der Waals surface area contributed by atoms with Crippen molar-refractivity contribution in [1.29, 1.82) is 5.41 Å². The zero-order valence-electron chi connectivity index (χ0n) is 12.5. The van der Waals surface area contributed by atoms with Crippen molar-refractivity contribution >= 4 is 5.84 Å². The Morgan fingerprint density at radius 3 is 2.59 bits per heavy atom. The molecule has 22 heavy (non-hydrogen) atoms. The zero-order valence-corrected chi connectivity index (χ0v) is 12.5. The van der Waals surface area contributed by atoms with Gasteiger partial charge in [0, 0.05) is 11.6 Å². The molecule has 1 heterocycles. The molecule has 114 valence electrons. The number of aromatic amines is 1. The third-order valence-electron chi connectivity index (χ3n) is 4.73. The molecule has 0 bridgehead atoms. The molecule has 1 aromatic carbocycles. The van der Waals surface area contributed by atoms with Gasteiger partial charge in [-0.05, 0) is 32.1 Å². The standard InChI is InChI=1S/C17H21N5/c18-15(22(13-7-8-13)17(19)9-4-10-17)14-11-20-16(21-14)12-5-2-1-3-6-12/h1-3,5-6,11,13,18H,4,7-10,19H2,(H,20,21). The molecule has 5 heteroatoms. The summed E-state index contributed by atoms with van der Waals surface area (Å²) < 4.78 is 0. The Morgan fingerprint density at radius 1 is 1.27 bits per heavy atom. The highest BCUT2D eigenvalue weighted by Crippen LogP contribution is 2.41. The van der Waals surface area contributed by atoms with E-state index in [1.54, 1.807) is 6.20 Å². The monoisotopic (exact) mass is 295 g/mol. The highest BCUT2D eigenvalue weighted by molar-refractivity contribution is 5.96. The second-order valence-corrected chi connectivity index (χ2v) is 6.42. The van der Waals surface area contributed by atoms with Crippen molar-refractivity contribution in [2.75, 3.05) is 0 Å². The molecule has 0 radical (unpaired) electrons. The molecule has 4 rings (SSSR count). The largest absolute Gasteiger partial charge is 0.335 e. The van der Waals surface area contributed by atoms with Gasteiger partial charge < -0.3 is 15.6 Å². The van der Waals surface area contributed by atoms with Crippen molar-refractivity contribution in [3.05, 3.63) is 42.2 Å². The average molecular weight is 295 g/mol. The Morgan fingerprint density at radius 2 is 2.00 bits per heavy atom. The van der Waals surface area contributed by atoms with Crippen LogP contribution in [0.3, 0.4) is 0 Å². The molecule has 0 saturated heterocycles. The molecule has 5 nitrogen and oxygen atoms in total. The van der Waals surface area contributed by atoms with Gasteiger partial charge in [-0.15, -0.1) is 0 Å². The molecule has 2 aromatic rings. The quantitative estimate of drug-likeness (QED) is 0.461.